The Morgan fingerprint density at radius 2 is 1.94 bits per heavy atom. The molecular weight excluding hydrogens is 214 g/mol. The van der Waals surface area contributed by atoms with Gasteiger partial charge in [-0.15, -0.1) is 0 Å². The minimum absolute atomic E-state index is 0.398. The lowest BCUT2D eigenvalue weighted by molar-refractivity contribution is 0.00523. The smallest absolute Gasteiger partial charge is 0.0797 e. The first-order chi connectivity index (χ1) is 7.98. The summed E-state index contributed by atoms with van der Waals surface area (Å²) in [7, 11) is 6.34. The number of likely N-dealkylation sites (N-methyl/N-ethyl adjacent to an activating group) is 2. The fourth-order valence-electron chi connectivity index (χ4n) is 2.67. The molecule has 1 rings (SSSR count). The maximum atomic E-state index is 10.3. The summed E-state index contributed by atoms with van der Waals surface area (Å²) in [6.07, 6.45) is 4.21. The molecule has 2 atom stereocenters. The predicted octanol–water partition coefficient (Wildman–Crippen LogP) is 0.360. The van der Waals surface area contributed by atoms with Gasteiger partial charge in [-0.05, 0) is 52.9 Å². The Bertz CT molecular complexity index is 223. The van der Waals surface area contributed by atoms with Crippen molar-refractivity contribution in [1.29, 1.82) is 0 Å². The summed E-state index contributed by atoms with van der Waals surface area (Å²) in [5.41, 5.74) is 5.11. The van der Waals surface area contributed by atoms with E-state index in [-0.39, 0.29) is 0 Å². The van der Waals surface area contributed by atoms with Gasteiger partial charge < -0.3 is 20.6 Å². The summed E-state index contributed by atoms with van der Waals surface area (Å²) in [6, 6.07) is 0. The van der Waals surface area contributed by atoms with Gasteiger partial charge in [-0.3, -0.25) is 0 Å². The molecule has 1 aliphatic carbocycles. The third-order valence-corrected chi connectivity index (χ3v) is 4.06. The maximum Gasteiger partial charge on any atom is 0.0797 e. The molecule has 3 N–H and O–H groups in total. The first-order valence-corrected chi connectivity index (χ1v) is 6.73. The second-order valence-corrected chi connectivity index (χ2v) is 5.79. The number of nitrogens with zero attached hydrogens (tertiary/aromatic N) is 2. The van der Waals surface area contributed by atoms with Gasteiger partial charge in [0.25, 0.3) is 0 Å². The quantitative estimate of drug-likeness (QED) is 0.678. The van der Waals surface area contributed by atoms with Gasteiger partial charge in [-0.2, -0.15) is 0 Å². The van der Waals surface area contributed by atoms with Crippen molar-refractivity contribution < 1.29 is 5.11 Å². The Hall–Kier alpha value is -0.160. The molecule has 0 radical (unpaired) electrons. The van der Waals surface area contributed by atoms with Crippen molar-refractivity contribution in [3.8, 4) is 0 Å². The molecule has 4 nitrogen and oxygen atoms in total. The van der Waals surface area contributed by atoms with Crippen LogP contribution in [0.15, 0.2) is 0 Å². The lowest BCUT2D eigenvalue weighted by Crippen LogP contribution is -2.42. The van der Waals surface area contributed by atoms with Crippen molar-refractivity contribution in [2.24, 2.45) is 11.7 Å². The zero-order chi connectivity index (χ0) is 12.9. The van der Waals surface area contributed by atoms with Crippen molar-refractivity contribution >= 4 is 0 Å². The fraction of sp³-hybridized carbons (Fsp3) is 1.00. The number of hydrogen-bond acceptors (Lipinski definition) is 4. The van der Waals surface area contributed by atoms with Gasteiger partial charge in [-0.25, -0.2) is 0 Å². The van der Waals surface area contributed by atoms with Crippen LogP contribution >= 0.6 is 0 Å². The molecule has 0 aromatic carbocycles. The highest BCUT2D eigenvalue weighted by Gasteiger charge is 2.39. The summed E-state index contributed by atoms with van der Waals surface area (Å²) in [6.45, 7) is 3.64. The maximum absolute atomic E-state index is 10.3. The van der Waals surface area contributed by atoms with Crippen LogP contribution in [0.2, 0.25) is 0 Å². The van der Waals surface area contributed by atoms with Crippen molar-refractivity contribution in [3.05, 3.63) is 0 Å². The first kappa shape index (κ1) is 14.9. The normalized spacial score (nSPS) is 29.5. The molecule has 0 spiro atoms. The molecule has 2 unspecified atom stereocenters. The van der Waals surface area contributed by atoms with Gasteiger partial charge in [0.05, 0.1) is 5.60 Å². The first-order valence-electron chi connectivity index (χ1n) is 6.73. The highest BCUT2D eigenvalue weighted by molar-refractivity contribution is 4.93. The van der Waals surface area contributed by atoms with E-state index in [2.05, 4.69) is 30.9 Å². The van der Waals surface area contributed by atoms with E-state index in [0.717, 1.165) is 45.3 Å². The van der Waals surface area contributed by atoms with E-state index in [1.165, 1.54) is 0 Å². The van der Waals surface area contributed by atoms with Crippen LogP contribution in [0.25, 0.3) is 0 Å². The highest BCUT2D eigenvalue weighted by atomic mass is 16.3. The molecule has 0 bridgehead atoms. The Morgan fingerprint density at radius 1 is 1.24 bits per heavy atom. The Labute approximate surface area is 106 Å². The Morgan fingerprint density at radius 3 is 2.53 bits per heavy atom. The second-order valence-electron chi connectivity index (χ2n) is 5.79. The van der Waals surface area contributed by atoms with Gasteiger partial charge in [0, 0.05) is 19.6 Å². The summed E-state index contributed by atoms with van der Waals surface area (Å²) in [5.74, 6) is 0.398. The molecule has 1 aliphatic rings. The molecule has 1 fully saturated rings. The van der Waals surface area contributed by atoms with Gasteiger partial charge >= 0.3 is 0 Å². The van der Waals surface area contributed by atoms with Crippen LogP contribution in [0.4, 0.5) is 0 Å². The number of nitrogens with two attached hydrogens (primary N) is 1. The van der Waals surface area contributed by atoms with Crippen LogP contribution in [0.3, 0.4) is 0 Å². The Balaban J connectivity index is 2.25. The van der Waals surface area contributed by atoms with Crippen molar-refractivity contribution in [2.45, 2.75) is 31.3 Å². The SMILES string of the molecule is CN(C)CCN(C)CCC1CCCC1(O)CN. The lowest BCUT2D eigenvalue weighted by atomic mass is 9.88. The van der Waals surface area contributed by atoms with Gasteiger partial charge in [0.2, 0.25) is 0 Å². The third-order valence-electron chi connectivity index (χ3n) is 4.06. The molecule has 1 saturated carbocycles. The highest BCUT2D eigenvalue weighted by Crippen LogP contribution is 2.37. The molecule has 102 valence electrons. The van der Waals surface area contributed by atoms with E-state index in [4.69, 9.17) is 5.73 Å². The van der Waals surface area contributed by atoms with Crippen LogP contribution in [0, 0.1) is 5.92 Å². The number of aliphatic hydroxyl groups is 1. The van der Waals surface area contributed by atoms with Crippen molar-refractivity contribution in [1.82, 2.24) is 9.80 Å². The van der Waals surface area contributed by atoms with Crippen LogP contribution < -0.4 is 5.73 Å². The molecule has 17 heavy (non-hydrogen) atoms. The molecule has 0 aliphatic heterocycles. The van der Waals surface area contributed by atoms with Gasteiger partial charge in [-0.1, -0.05) is 6.42 Å². The van der Waals surface area contributed by atoms with E-state index in [1.54, 1.807) is 0 Å². The molecular formula is C13H29N3O. The molecule has 0 aromatic heterocycles. The minimum atomic E-state index is -0.581. The molecule has 0 heterocycles. The topological polar surface area (TPSA) is 52.7 Å². The van der Waals surface area contributed by atoms with Crippen LogP contribution in [-0.4, -0.2) is 67.8 Å². The molecule has 0 aromatic rings. The summed E-state index contributed by atoms with van der Waals surface area (Å²) in [5, 5.41) is 10.3. The van der Waals surface area contributed by atoms with Crippen molar-refractivity contribution in [2.75, 3.05) is 47.3 Å². The zero-order valence-corrected chi connectivity index (χ0v) is 11.7. The second kappa shape index (κ2) is 6.69. The Kier molecular flexibility index (Phi) is 5.86. The van der Waals surface area contributed by atoms with Crippen LogP contribution in [-0.2, 0) is 0 Å². The van der Waals surface area contributed by atoms with E-state index < -0.39 is 5.60 Å². The average Bonchev–Trinajstić information content (AvgIpc) is 2.66. The van der Waals surface area contributed by atoms with Crippen molar-refractivity contribution in [3.63, 3.8) is 0 Å². The fourth-order valence-corrected chi connectivity index (χ4v) is 2.67. The number of hydrogen-bond donors (Lipinski definition) is 2. The molecule has 4 heteroatoms. The third kappa shape index (κ3) is 4.54. The van der Waals surface area contributed by atoms with E-state index in [9.17, 15) is 5.11 Å². The van der Waals surface area contributed by atoms with Crippen LogP contribution in [0.5, 0.6) is 0 Å². The molecule has 0 amide bonds. The van der Waals surface area contributed by atoms with E-state index >= 15 is 0 Å². The largest absolute Gasteiger partial charge is 0.388 e. The summed E-state index contributed by atoms with van der Waals surface area (Å²) >= 11 is 0. The predicted molar refractivity (Wildman–Crippen MR) is 72.0 cm³/mol. The zero-order valence-electron chi connectivity index (χ0n) is 11.7. The van der Waals surface area contributed by atoms with Gasteiger partial charge in [0.15, 0.2) is 0 Å². The van der Waals surface area contributed by atoms with Gasteiger partial charge in [0.1, 0.15) is 0 Å². The summed E-state index contributed by atoms with van der Waals surface area (Å²) < 4.78 is 0. The molecule has 0 saturated heterocycles. The van der Waals surface area contributed by atoms with Crippen LogP contribution in [0.1, 0.15) is 25.7 Å². The lowest BCUT2D eigenvalue weighted by Gasteiger charge is -2.30. The number of rotatable bonds is 7. The average molecular weight is 243 g/mol. The summed E-state index contributed by atoms with van der Waals surface area (Å²) in [4.78, 5) is 4.54. The van der Waals surface area contributed by atoms with E-state index in [0.29, 0.717) is 12.5 Å². The monoisotopic (exact) mass is 243 g/mol. The standard InChI is InChI=1S/C13H29N3O/c1-15(2)9-10-16(3)8-6-12-5-4-7-13(12,17)11-14/h12,17H,4-11,14H2,1-3H3. The minimum Gasteiger partial charge on any atom is -0.388 e. The van der Waals surface area contributed by atoms with E-state index in [1.807, 2.05) is 0 Å².